The number of hydrogen-bond acceptors (Lipinski definition) is 6. The van der Waals surface area contributed by atoms with E-state index in [2.05, 4.69) is 0 Å². The Bertz CT molecular complexity index is 368. The van der Waals surface area contributed by atoms with Crippen molar-refractivity contribution in [2.75, 3.05) is 6.61 Å². The van der Waals surface area contributed by atoms with Gasteiger partial charge >= 0.3 is 11.9 Å². The zero-order valence-corrected chi connectivity index (χ0v) is 11.6. The molecule has 2 heterocycles. The molecular weight excluding hydrogens is 252 g/mol. The van der Waals surface area contributed by atoms with E-state index in [0.717, 1.165) is 0 Å². The molecule has 6 atom stereocenters. The second-order valence-corrected chi connectivity index (χ2v) is 5.25. The van der Waals surface area contributed by atoms with Crippen LogP contribution in [0.15, 0.2) is 0 Å². The summed E-state index contributed by atoms with van der Waals surface area (Å²) in [6, 6.07) is 0. The van der Waals surface area contributed by atoms with Crippen molar-refractivity contribution in [3.05, 3.63) is 0 Å². The van der Waals surface area contributed by atoms with Gasteiger partial charge in [-0.25, -0.2) is 0 Å². The van der Waals surface area contributed by atoms with Crippen molar-refractivity contribution in [2.45, 2.75) is 52.3 Å². The molecule has 1 unspecified atom stereocenters. The summed E-state index contributed by atoms with van der Waals surface area (Å²) in [6.45, 7) is 7.02. The molecule has 0 aliphatic carbocycles. The molecule has 6 heteroatoms. The maximum Gasteiger partial charge on any atom is 0.303 e. The first-order valence-corrected chi connectivity index (χ1v) is 6.51. The Morgan fingerprint density at radius 2 is 1.63 bits per heavy atom. The highest BCUT2D eigenvalue weighted by molar-refractivity contribution is 5.67. The zero-order chi connectivity index (χ0) is 14.2. The minimum Gasteiger partial charge on any atom is -0.458 e. The van der Waals surface area contributed by atoms with Gasteiger partial charge in [0.2, 0.25) is 0 Å². The first-order valence-electron chi connectivity index (χ1n) is 6.51. The molecule has 2 fully saturated rings. The smallest absolute Gasteiger partial charge is 0.303 e. The van der Waals surface area contributed by atoms with Crippen molar-refractivity contribution in [3.8, 4) is 0 Å². The monoisotopic (exact) mass is 272 g/mol. The SMILES string of the molecule is CC(=O)O[C@@H]1[C@@H](OC(C)=O)[C@H](C)O[C@H]2OCC(C)[C@H]21. The molecule has 0 aromatic heterocycles. The maximum absolute atomic E-state index is 11.3. The maximum atomic E-state index is 11.3. The van der Waals surface area contributed by atoms with Crippen LogP contribution in [-0.4, -0.2) is 43.1 Å². The molecule has 108 valence electrons. The van der Waals surface area contributed by atoms with Crippen molar-refractivity contribution in [1.82, 2.24) is 0 Å². The summed E-state index contributed by atoms with van der Waals surface area (Å²) in [7, 11) is 0. The Labute approximate surface area is 112 Å². The third kappa shape index (κ3) is 2.90. The van der Waals surface area contributed by atoms with Gasteiger partial charge < -0.3 is 18.9 Å². The highest BCUT2D eigenvalue weighted by Gasteiger charge is 2.53. The highest BCUT2D eigenvalue weighted by atomic mass is 16.7. The summed E-state index contributed by atoms with van der Waals surface area (Å²) >= 11 is 0. The van der Waals surface area contributed by atoms with Gasteiger partial charge in [0.15, 0.2) is 12.4 Å². The predicted molar refractivity (Wildman–Crippen MR) is 64.0 cm³/mol. The van der Waals surface area contributed by atoms with E-state index >= 15 is 0 Å². The minimum absolute atomic E-state index is 0.107. The molecule has 0 amide bonds. The average molecular weight is 272 g/mol. The van der Waals surface area contributed by atoms with E-state index in [1.54, 1.807) is 6.92 Å². The largest absolute Gasteiger partial charge is 0.458 e. The summed E-state index contributed by atoms with van der Waals surface area (Å²) in [6.07, 6.45) is -1.89. The van der Waals surface area contributed by atoms with Crippen molar-refractivity contribution in [2.24, 2.45) is 11.8 Å². The van der Waals surface area contributed by atoms with Crippen molar-refractivity contribution in [3.63, 3.8) is 0 Å². The molecule has 2 saturated heterocycles. The molecular formula is C13H20O6. The molecule has 19 heavy (non-hydrogen) atoms. The molecule has 2 aliphatic heterocycles. The number of hydrogen-bond donors (Lipinski definition) is 0. The van der Waals surface area contributed by atoms with Crippen molar-refractivity contribution >= 4 is 11.9 Å². The van der Waals surface area contributed by atoms with Crippen LogP contribution in [0, 0.1) is 11.8 Å². The zero-order valence-electron chi connectivity index (χ0n) is 11.6. The molecule has 0 aromatic carbocycles. The van der Waals surface area contributed by atoms with E-state index in [1.165, 1.54) is 13.8 Å². The summed E-state index contributed by atoms with van der Waals surface area (Å²) in [5.41, 5.74) is 0. The second-order valence-electron chi connectivity index (χ2n) is 5.25. The fourth-order valence-electron chi connectivity index (χ4n) is 2.81. The molecule has 0 saturated carbocycles. The van der Waals surface area contributed by atoms with E-state index in [9.17, 15) is 9.59 Å². The van der Waals surface area contributed by atoms with Gasteiger partial charge in [0, 0.05) is 13.8 Å². The van der Waals surface area contributed by atoms with Crippen LogP contribution in [-0.2, 0) is 28.5 Å². The number of ether oxygens (including phenoxy) is 4. The number of carbonyl (C=O) groups excluding carboxylic acids is 2. The topological polar surface area (TPSA) is 71.1 Å². The predicted octanol–water partition coefficient (Wildman–Crippen LogP) is 0.877. The first-order chi connectivity index (χ1) is 8.90. The molecule has 0 aromatic rings. The van der Waals surface area contributed by atoms with Crippen LogP contribution in [0.5, 0.6) is 0 Å². The normalized spacial score (nSPS) is 41.5. The third-order valence-corrected chi connectivity index (χ3v) is 3.61. The molecule has 6 nitrogen and oxygen atoms in total. The van der Waals surface area contributed by atoms with Gasteiger partial charge in [-0.3, -0.25) is 9.59 Å². The molecule has 0 spiro atoms. The van der Waals surface area contributed by atoms with Gasteiger partial charge in [-0.05, 0) is 12.8 Å². The van der Waals surface area contributed by atoms with E-state index in [-0.39, 0.29) is 17.9 Å². The van der Waals surface area contributed by atoms with Gasteiger partial charge in [-0.15, -0.1) is 0 Å². The molecule has 2 rings (SSSR count). The van der Waals surface area contributed by atoms with Crippen LogP contribution >= 0.6 is 0 Å². The minimum atomic E-state index is -0.591. The van der Waals surface area contributed by atoms with E-state index < -0.39 is 30.4 Å². The molecule has 0 radical (unpaired) electrons. The Balaban J connectivity index is 2.23. The molecule has 2 aliphatic rings. The molecule has 0 bridgehead atoms. The average Bonchev–Trinajstić information content (AvgIpc) is 2.64. The first kappa shape index (κ1) is 14.3. The van der Waals surface area contributed by atoms with E-state index in [4.69, 9.17) is 18.9 Å². The van der Waals surface area contributed by atoms with Gasteiger partial charge in [0.05, 0.1) is 18.6 Å². The molecule has 0 N–H and O–H groups in total. The summed E-state index contributed by atoms with van der Waals surface area (Å²) in [5, 5.41) is 0. The Morgan fingerprint density at radius 1 is 1.05 bits per heavy atom. The van der Waals surface area contributed by atoms with Crippen LogP contribution in [0.3, 0.4) is 0 Å². The van der Waals surface area contributed by atoms with Gasteiger partial charge in [-0.1, -0.05) is 6.92 Å². The van der Waals surface area contributed by atoms with Gasteiger partial charge in [-0.2, -0.15) is 0 Å². The summed E-state index contributed by atoms with van der Waals surface area (Å²) < 4.78 is 21.9. The van der Waals surface area contributed by atoms with E-state index in [0.29, 0.717) is 6.61 Å². The number of fused-ring (bicyclic) bond motifs is 1. The third-order valence-electron chi connectivity index (χ3n) is 3.61. The van der Waals surface area contributed by atoms with Crippen molar-refractivity contribution < 1.29 is 28.5 Å². The van der Waals surface area contributed by atoms with Gasteiger partial charge in [0.1, 0.15) is 6.10 Å². The number of carbonyl (C=O) groups is 2. The number of esters is 2. The van der Waals surface area contributed by atoms with Gasteiger partial charge in [0.25, 0.3) is 0 Å². The fourth-order valence-corrected chi connectivity index (χ4v) is 2.81. The Morgan fingerprint density at radius 3 is 2.21 bits per heavy atom. The number of rotatable bonds is 2. The lowest BCUT2D eigenvalue weighted by Crippen LogP contribution is -2.56. The van der Waals surface area contributed by atoms with Crippen LogP contribution in [0.25, 0.3) is 0 Å². The van der Waals surface area contributed by atoms with Crippen LogP contribution in [0.1, 0.15) is 27.7 Å². The van der Waals surface area contributed by atoms with Crippen LogP contribution in [0.4, 0.5) is 0 Å². The lowest BCUT2D eigenvalue weighted by Gasteiger charge is -2.42. The lowest BCUT2D eigenvalue weighted by atomic mass is 9.84. The second kappa shape index (κ2) is 5.46. The summed E-state index contributed by atoms with van der Waals surface area (Å²) in [4.78, 5) is 22.5. The highest BCUT2D eigenvalue weighted by Crippen LogP contribution is 2.39. The Kier molecular flexibility index (Phi) is 4.10. The summed E-state index contributed by atoms with van der Waals surface area (Å²) in [5.74, 6) is -0.735. The van der Waals surface area contributed by atoms with Crippen LogP contribution in [0.2, 0.25) is 0 Å². The lowest BCUT2D eigenvalue weighted by molar-refractivity contribution is -0.259. The van der Waals surface area contributed by atoms with Crippen LogP contribution < -0.4 is 0 Å². The fraction of sp³-hybridized carbons (Fsp3) is 0.846. The van der Waals surface area contributed by atoms with E-state index in [1.807, 2.05) is 6.92 Å². The Hall–Kier alpha value is -1.14. The quantitative estimate of drug-likeness (QED) is 0.695. The van der Waals surface area contributed by atoms with Crippen molar-refractivity contribution in [1.29, 1.82) is 0 Å². The standard InChI is InChI=1S/C13H20O6/c1-6-5-16-13-10(6)12(19-9(4)15)11(7(2)17-13)18-8(3)14/h6-7,10-13H,5H2,1-4H3/t6?,7-,10-,11-,12-,13+/m0/s1.